The first-order valence-corrected chi connectivity index (χ1v) is 5.01. The first-order valence-electron chi connectivity index (χ1n) is 5.01. The van der Waals surface area contributed by atoms with Crippen LogP contribution in [0.3, 0.4) is 0 Å². The van der Waals surface area contributed by atoms with Crippen molar-refractivity contribution in [2.75, 3.05) is 18.5 Å². The predicted octanol–water partition coefficient (Wildman–Crippen LogP) is 2.40. The van der Waals surface area contributed by atoms with E-state index in [1.165, 1.54) is 18.5 Å². The molecule has 1 aliphatic carbocycles. The Morgan fingerprint density at radius 2 is 2.00 bits per heavy atom. The van der Waals surface area contributed by atoms with Crippen molar-refractivity contribution in [3.63, 3.8) is 0 Å². The molecule has 0 amide bonds. The van der Waals surface area contributed by atoms with E-state index in [-0.39, 0.29) is 0 Å². The minimum Gasteiger partial charge on any atom is -0.374 e. The largest absolute Gasteiger partial charge is 0.374 e. The number of hydrogen-bond acceptors (Lipinski definition) is 2. The van der Waals surface area contributed by atoms with Crippen LogP contribution in [0, 0.1) is 17.2 Å². The van der Waals surface area contributed by atoms with Gasteiger partial charge in [-0.3, -0.25) is 0 Å². The minimum atomic E-state index is 0.730. The molecular formula is C12H14N2. The summed E-state index contributed by atoms with van der Waals surface area (Å²) < 4.78 is 0. The maximum atomic E-state index is 8.66. The molecule has 0 aromatic heterocycles. The van der Waals surface area contributed by atoms with Gasteiger partial charge in [0.05, 0.1) is 11.6 Å². The van der Waals surface area contributed by atoms with Crippen molar-refractivity contribution in [2.24, 2.45) is 5.92 Å². The summed E-state index contributed by atoms with van der Waals surface area (Å²) in [4.78, 5) is 2.26. The van der Waals surface area contributed by atoms with Crippen molar-refractivity contribution < 1.29 is 0 Å². The molecule has 1 aromatic rings. The molecule has 1 fully saturated rings. The number of hydrogen-bond donors (Lipinski definition) is 0. The molecule has 0 N–H and O–H groups in total. The lowest BCUT2D eigenvalue weighted by Gasteiger charge is -2.18. The summed E-state index contributed by atoms with van der Waals surface area (Å²) >= 11 is 0. The van der Waals surface area contributed by atoms with Crippen LogP contribution in [0.5, 0.6) is 0 Å². The van der Waals surface area contributed by atoms with Crippen LogP contribution in [-0.2, 0) is 0 Å². The van der Waals surface area contributed by atoms with E-state index in [4.69, 9.17) is 5.26 Å². The fourth-order valence-electron chi connectivity index (χ4n) is 1.58. The molecule has 0 bridgehead atoms. The van der Waals surface area contributed by atoms with Crippen molar-refractivity contribution in [3.8, 4) is 6.07 Å². The average molecular weight is 186 g/mol. The standard InChI is InChI=1S/C12H14N2/c1-14(9-11-2-3-11)12-6-4-10(8-13)5-7-12/h4-7,11H,2-3,9H2,1H3. The molecule has 0 atom stereocenters. The van der Waals surface area contributed by atoms with E-state index in [9.17, 15) is 0 Å². The average Bonchev–Trinajstić information content (AvgIpc) is 3.02. The van der Waals surface area contributed by atoms with Gasteiger partial charge in [-0.05, 0) is 43.0 Å². The Hall–Kier alpha value is -1.49. The highest BCUT2D eigenvalue weighted by Crippen LogP contribution is 2.30. The second-order valence-electron chi connectivity index (χ2n) is 3.98. The summed E-state index contributed by atoms with van der Waals surface area (Å²) in [6.07, 6.45) is 2.75. The predicted molar refractivity (Wildman–Crippen MR) is 57.2 cm³/mol. The van der Waals surface area contributed by atoms with Gasteiger partial charge in [0, 0.05) is 19.3 Å². The second kappa shape index (κ2) is 3.71. The van der Waals surface area contributed by atoms with Gasteiger partial charge < -0.3 is 4.90 Å². The van der Waals surface area contributed by atoms with Crippen LogP contribution in [0.15, 0.2) is 24.3 Å². The highest BCUT2D eigenvalue weighted by atomic mass is 15.1. The van der Waals surface area contributed by atoms with Crippen LogP contribution >= 0.6 is 0 Å². The highest BCUT2D eigenvalue weighted by Gasteiger charge is 2.22. The van der Waals surface area contributed by atoms with Crippen molar-refractivity contribution in [2.45, 2.75) is 12.8 Å². The summed E-state index contributed by atoms with van der Waals surface area (Å²) in [7, 11) is 2.11. The van der Waals surface area contributed by atoms with Crippen LogP contribution < -0.4 is 4.90 Å². The fraction of sp³-hybridized carbons (Fsp3) is 0.417. The summed E-state index contributed by atoms with van der Waals surface area (Å²) in [5.41, 5.74) is 1.93. The summed E-state index contributed by atoms with van der Waals surface area (Å²) in [6.45, 7) is 1.14. The van der Waals surface area contributed by atoms with Gasteiger partial charge >= 0.3 is 0 Å². The number of nitrogens with zero attached hydrogens (tertiary/aromatic N) is 2. The molecule has 1 aliphatic rings. The van der Waals surface area contributed by atoms with E-state index in [2.05, 4.69) is 18.0 Å². The topological polar surface area (TPSA) is 27.0 Å². The molecule has 2 heteroatoms. The lowest BCUT2D eigenvalue weighted by molar-refractivity contribution is 0.787. The zero-order chi connectivity index (χ0) is 9.97. The van der Waals surface area contributed by atoms with Gasteiger partial charge in [0.1, 0.15) is 0 Å². The maximum Gasteiger partial charge on any atom is 0.0991 e. The van der Waals surface area contributed by atoms with E-state index in [0.29, 0.717) is 0 Å². The first-order chi connectivity index (χ1) is 6.79. The Morgan fingerprint density at radius 3 is 2.50 bits per heavy atom. The third kappa shape index (κ3) is 2.05. The summed E-state index contributed by atoms with van der Waals surface area (Å²) in [5, 5.41) is 8.66. The Kier molecular flexibility index (Phi) is 2.41. The molecule has 0 saturated heterocycles. The lowest BCUT2D eigenvalue weighted by Crippen LogP contribution is -2.19. The third-order valence-electron chi connectivity index (χ3n) is 2.67. The molecule has 0 aliphatic heterocycles. The van der Waals surface area contributed by atoms with Gasteiger partial charge in [0.2, 0.25) is 0 Å². The van der Waals surface area contributed by atoms with Crippen molar-refractivity contribution in [1.82, 2.24) is 0 Å². The van der Waals surface area contributed by atoms with Crippen LogP contribution in [0.25, 0.3) is 0 Å². The SMILES string of the molecule is CN(CC1CC1)c1ccc(C#N)cc1. The lowest BCUT2D eigenvalue weighted by atomic mass is 10.2. The Bertz CT molecular complexity index is 344. The highest BCUT2D eigenvalue weighted by molar-refractivity contribution is 5.49. The molecular weight excluding hydrogens is 172 g/mol. The Labute approximate surface area is 84.8 Å². The molecule has 2 rings (SSSR count). The van der Waals surface area contributed by atoms with Gasteiger partial charge in [0.25, 0.3) is 0 Å². The van der Waals surface area contributed by atoms with Crippen LogP contribution in [-0.4, -0.2) is 13.6 Å². The molecule has 72 valence electrons. The van der Waals surface area contributed by atoms with Crippen LogP contribution in [0.4, 0.5) is 5.69 Å². The summed E-state index contributed by atoms with van der Waals surface area (Å²) in [6, 6.07) is 9.90. The fourth-order valence-corrected chi connectivity index (χ4v) is 1.58. The van der Waals surface area contributed by atoms with Gasteiger partial charge in [0.15, 0.2) is 0 Å². The van der Waals surface area contributed by atoms with Gasteiger partial charge in [-0.1, -0.05) is 0 Å². The first kappa shape index (κ1) is 9.08. The van der Waals surface area contributed by atoms with Gasteiger partial charge in [-0.2, -0.15) is 5.26 Å². The van der Waals surface area contributed by atoms with E-state index in [1.807, 2.05) is 24.3 Å². The molecule has 2 nitrogen and oxygen atoms in total. The number of benzene rings is 1. The maximum absolute atomic E-state index is 8.66. The zero-order valence-corrected chi connectivity index (χ0v) is 8.40. The molecule has 0 spiro atoms. The van der Waals surface area contributed by atoms with Crippen molar-refractivity contribution in [3.05, 3.63) is 29.8 Å². The van der Waals surface area contributed by atoms with Gasteiger partial charge in [-0.25, -0.2) is 0 Å². The Morgan fingerprint density at radius 1 is 1.36 bits per heavy atom. The Balaban J connectivity index is 2.04. The number of rotatable bonds is 3. The summed E-state index contributed by atoms with van der Waals surface area (Å²) in [5.74, 6) is 0.899. The van der Waals surface area contributed by atoms with E-state index >= 15 is 0 Å². The number of anilines is 1. The second-order valence-corrected chi connectivity index (χ2v) is 3.98. The molecule has 0 heterocycles. The normalized spacial score (nSPS) is 14.9. The van der Waals surface area contributed by atoms with Crippen LogP contribution in [0.1, 0.15) is 18.4 Å². The monoisotopic (exact) mass is 186 g/mol. The zero-order valence-electron chi connectivity index (χ0n) is 8.40. The quantitative estimate of drug-likeness (QED) is 0.724. The molecule has 1 aromatic carbocycles. The molecule has 0 radical (unpaired) electrons. The van der Waals surface area contributed by atoms with E-state index in [1.54, 1.807) is 0 Å². The smallest absolute Gasteiger partial charge is 0.0991 e. The van der Waals surface area contributed by atoms with Crippen molar-refractivity contribution >= 4 is 5.69 Å². The van der Waals surface area contributed by atoms with E-state index in [0.717, 1.165) is 18.0 Å². The molecule has 14 heavy (non-hydrogen) atoms. The molecule has 1 saturated carbocycles. The minimum absolute atomic E-state index is 0.730. The van der Waals surface area contributed by atoms with E-state index < -0.39 is 0 Å². The van der Waals surface area contributed by atoms with Gasteiger partial charge in [-0.15, -0.1) is 0 Å². The van der Waals surface area contributed by atoms with Crippen molar-refractivity contribution in [1.29, 1.82) is 5.26 Å². The number of nitriles is 1. The van der Waals surface area contributed by atoms with Crippen LogP contribution in [0.2, 0.25) is 0 Å². The molecule has 0 unspecified atom stereocenters. The third-order valence-corrected chi connectivity index (χ3v) is 2.67.